The molecule has 2 aromatic heterocycles. The number of hydrogen-bond acceptors (Lipinski definition) is 6. The smallest absolute Gasteiger partial charge is 0.251 e. The van der Waals surface area contributed by atoms with Gasteiger partial charge in [-0.15, -0.1) is 0 Å². The number of nitrogens with one attached hydrogen (secondary N) is 1. The van der Waals surface area contributed by atoms with Crippen LogP contribution in [0.5, 0.6) is 5.75 Å². The number of fused-ring (bicyclic) bond motifs is 1. The summed E-state index contributed by atoms with van der Waals surface area (Å²) >= 11 is 0. The van der Waals surface area contributed by atoms with E-state index in [0.717, 1.165) is 36.4 Å². The summed E-state index contributed by atoms with van der Waals surface area (Å²) in [6, 6.07) is 7.10. The molecular formula is C20H24N6O2. The Morgan fingerprint density at radius 3 is 2.96 bits per heavy atom. The zero-order valence-corrected chi connectivity index (χ0v) is 16.1. The monoisotopic (exact) mass is 380 g/mol. The molecule has 1 aliphatic rings. The lowest BCUT2D eigenvalue weighted by Gasteiger charge is -2.08. The summed E-state index contributed by atoms with van der Waals surface area (Å²) in [5.41, 5.74) is 3.20. The molecule has 8 heteroatoms. The summed E-state index contributed by atoms with van der Waals surface area (Å²) in [4.78, 5) is 23.7. The summed E-state index contributed by atoms with van der Waals surface area (Å²) in [7, 11) is 3.71. The average molecular weight is 380 g/mol. The Labute approximate surface area is 163 Å². The molecule has 1 saturated heterocycles. The van der Waals surface area contributed by atoms with Gasteiger partial charge in [0.25, 0.3) is 5.91 Å². The highest BCUT2D eigenvalue weighted by Crippen LogP contribution is 2.29. The van der Waals surface area contributed by atoms with Gasteiger partial charge in [0.15, 0.2) is 5.65 Å². The van der Waals surface area contributed by atoms with E-state index in [9.17, 15) is 4.79 Å². The minimum absolute atomic E-state index is 0.140. The maximum atomic E-state index is 12.4. The van der Waals surface area contributed by atoms with Gasteiger partial charge in [-0.1, -0.05) is 6.07 Å². The molecule has 0 saturated carbocycles. The number of benzene rings is 1. The van der Waals surface area contributed by atoms with E-state index in [1.54, 1.807) is 37.7 Å². The fraction of sp³-hybridized carbons (Fsp3) is 0.400. The van der Waals surface area contributed by atoms with E-state index in [1.807, 2.05) is 10.7 Å². The Hall–Kier alpha value is -3.00. The van der Waals surface area contributed by atoms with Crippen molar-refractivity contribution in [3.63, 3.8) is 0 Å². The van der Waals surface area contributed by atoms with E-state index in [4.69, 9.17) is 9.84 Å². The van der Waals surface area contributed by atoms with Gasteiger partial charge in [0, 0.05) is 37.0 Å². The molecule has 146 valence electrons. The molecule has 0 bridgehead atoms. The number of likely N-dealkylation sites (N-methyl/N-ethyl adjacent to an activating group) is 1. The van der Waals surface area contributed by atoms with Gasteiger partial charge in [0.05, 0.1) is 19.3 Å². The molecule has 1 aliphatic heterocycles. The second kappa shape index (κ2) is 7.93. The van der Waals surface area contributed by atoms with Crippen LogP contribution in [0.25, 0.3) is 11.2 Å². The average Bonchev–Trinajstić information content (AvgIpc) is 3.32. The van der Waals surface area contributed by atoms with Crippen LogP contribution in [0.4, 0.5) is 0 Å². The first-order valence-corrected chi connectivity index (χ1v) is 9.44. The number of amides is 1. The molecule has 0 aliphatic carbocycles. The van der Waals surface area contributed by atoms with E-state index < -0.39 is 0 Å². The van der Waals surface area contributed by atoms with Crippen LogP contribution in [-0.2, 0) is 6.54 Å². The van der Waals surface area contributed by atoms with Crippen molar-refractivity contribution in [3.05, 3.63) is 47.9 Å². The standard InChI is InChI=1S/C20H24N6O2/c1-25-10-6-15(13-25)17-18-19(22-8-7-21-18)26(24-17)11-9-23-20(27)14-4-3-5-16(12-14)28-2/h3-5,7-8,12,15H,6,9-11,13H2,1-2H3,(H,23,27). The molecule has 4 rings (SSSR count). The summed E-state index contributed by atoms with van der Waals surface area (Å²) in [6.07, 6.45) is 4.47. The zero-order chi connectivity index (χ0) is 19.5. The largest absolute Gasteiger partial charge is 0.497 e. The van der Waals surface area contributed by atoms with Crippen LogP contribution in [0.2, 0.25) is 0 Å². The van der Waals surface area contributed by atoms with E-state index in [0.29, 0.717) is 30.3 Å². The van der Waals surface area contributed by atoms with E-state index in [1.165, 1.54) is 0 Å². The molecular weight excluding hydrogens is 356 g/mol. The highest BCUT2D eigenvalue weighted by molar-refractivity contribution is 5.94. The molecule has 1 unspecified atom stereocenters. The molecule has 1 fully saturated rings. The number of methoxy groups -OCH3 is 1. The lowest BCUT2D eigenvalue weighted by atomic mass is 10.0. The van der Waals surface area contributed by atoms with Crippen molar-refractivity contribution in [1.29, 1.82) is 0 Å². The molecule has 1 amide bonds. The topological polar surface area (TPSA) is 85.2 Å². The minimum atomic E-state index is -0.140. The number of carbonyl (C=O) groups excluding carboxylic acids is 1. The fourth-order valence-electron chi connectivity index (χ4n) is 3.66. The minimum Gasteiger partial charge on any atom is -0.497 e. The molecule has 8 nitrogen and oxygen atoms in total. The lowest BCUT2D eigenvalue weighted by molar-refractivity contribution is 0.0951. The van der Waals surface area contributed by atoms with Crippen molar-refractivity contribution < 1.29 is 9.53 Å². The second-order valence-corrected chi connectivity index (χ2v) is 7.07. The molecule has 1 aromatic carbocycles. The number of hydrogen-bond donors (Lipinski definition) is 1. The highest BCUT2D eigenvalue weighted by Gasteiger charge is 2.27. The van der Waals surface area contributed by atoms with Crippen LogP contribution in [0.15, 0.2) is 36.7 Å². The Balaban J connectivity index is 1.47. The predicted molar refractivity (Wildman–Crippen MR) is 106 cm³/mol. The number of likely N-dealkylation sites (tertiary alicyclic amines) is 1. The van der Waals surface area contributed by atoms with Gasteiger partial charge in [0.1, 0.15) is 11.3 Å². The summed E-state index contributed by atoms with van der Waals surface area (Å²) in [5, 5.41) is 7.73. The molecule has 1 N–H and O–H groups in total. The Bertz CT molecular complexity index is 986. The van der Waals surface area contributed by atoms with Gasteiger partial charge in [0.2, 0.25) is 0 Å². The third-order valence-corrected chi connectivity index (χ3v) is 5.11. The number of rotatable bonds is 6. The van der Waals surface area contributed by atoms with Gasteiger partial charge in [-0.3, -0.25) is 4.79 Å². The van der Waals surface area contributed by atoms with Gasteiger partial charge in [-0.05, 0) is 38.2 Å². The molecule has 1 atom stereocenters. The van der Waals surface area contributed by atoms with Gasteiger partial charge >= 0.3 is 0 Å². The second-order valence-electron chi connectivity index (χ2n) is 7.07. The highest BCUT2D eigenvalue weighted by atomic mass is 16.5. The summed E-state index contributed by atoms with van der Waals surface area (Å²) < 4.78 is 7.02. The van der Waals surface area contributed by atoms with E-state index >= 15 is 0 Å². The van der Waals surface area contributed by atoms with Crippen molar-refractivity contribution in [2.45, 2.75) is 18.9 Å². The van der Waals surface area contributed by atoms with E-state index in [2.05, 4.69) is 27.2 Å². The van der Waals surface area contributed by atoms with Crippen molar-refractivity contribution in [3.8, 4) is 5.75 Å². The maximum Gasteiger partial charge on any atom is 0.251 e. The lowest BCUT2D eigenvalue weighted by Crippen LogP contribution is -2.27. The summed E-state index contributed by atoms with van der Waals surface area (Å²) in [5.74, 6) is 0.892. The third kappa shape index (κ3) is 3.68. The maximum absolute atomic E-state index is 12.4. The Morgan fingerprint density at radius 1 is 1.32 bits per heavy atom. The van der Waals surface area contributed by atoms with Gasteiger partial charge in [-0.25, -0.2) is 14.6 Å². The van der Waals surface area contributed by atoms with Crippen LogP contribution >= 0.6 is 0 Å². The predicted octanol–water partition coefficient (Wildman–Crippen LogP) is 1.68. The van der Waals surface area contributed by atoms with Crippen molar-refractivity contribution in [1.82, 2.24) is 30.0 Å². The quantitative estimate of drug-likeness (QED) is 0.700. The van der Waals surface area contributed by atoms with Crippen LogP contribution in [0.3, 0.4) is 0 Å². The SMILES string of the molecule is COc1cccc(C(=O)NCCn2nc(C3CCN(C)C3)c3nccnc32)c1. The Kier molecular flexibility index (Phi) is 5.21. The number of nitrogens with zero attached hydrogens (tertiary/aromatic N) is 5. The fourth-order valence-corrected chi connectivity index (χ4v) is 3.66. The molecule has 3 heterocycles. The number of ether oxygens (including phenoxy) is 1. The molecule has 0 spiro atoms. The summed E-state index contributed by atoms with van der Waals surface area (Å²) in [6.45, 7) is 3.03. The van der Waals surface area contributed by atoms with Gasteiger partial charge in [-0.2, -0.15) is 5.10 Å². The van der Waals surface area contributed by atoms with Crippen molar-refractivity contribution in [2.75, 3.05) is 33.8 Å². The van der Waals surface area contributed by atoms with Gasteiger partial charge < -0.3 is 15.0 Å². The van der Waals surface area contributed by atoms with Crippen molar-refractivity contribution >= 4 is 17.1 Å². The van der Waals surface area contributed by atoms with Crippen molar-refractivity contribution in [2.24, 2.45) is 0 Å². The number of carbonyl (C=O) groups is 1. The first kappa shape index (κ1) is 18.4. The van der Waals surface area contributed by atoms with Crippen LogP contribution in [0.1, 0.15) is 28.4 Å². The first-order chi connectivity index (χ1) is 13.7. The normalized spacial score (nSPS) is 17.1. The zero-order valence-electron chi connectivity index (χ0n) is 16.1. The van der Waals surface area contributed by atoms with Crippen LogP contribution in [-0.4, -0.2) is 64.3 Å². The van der Waals surface area contributed by atoms with Crippen LogP contribution in [0, 0.1) is 0 Å². The third-order valence-electron chi connectivity index (χ3n) is 5.11. The van der Waals surface area contributed by atoms with Crippen LogP contribution < -0.4 is 10.1 Å². The molecule has 3 aromatic rings. The first-order valence-electron chi connectivity index (χ1n) is 9.44. The molecule has 0 radical (unpaired) electrons. The molecule has 28 heavy (non-hydrogen) atoms. The number of aromatic nitrogens is 4. The van der Waals surface area contributed by atoms with E-state index in [-0.39, 0.29) is 5.91 Å². The Morgan fingerprint density at radius 2 is 2.18 bits per heavy atom.